The lowest BCUT2D eigenvalue weighted by Crippen LogP contribution is -2.12. The Labute approximate surface area is 115 Å². The molecule has 0 fully saturated rings. The Kier molecular flexibility index (Phi) is 3.79. The van der Waals surface area contributed by atoms with Crippen molar-refractivity contribution in [1.29, 1.82) is 0 Å². The molecule has 0 aromatic heterocycles. The molecule has 1 amide bonds. The van der Waals surface area contributed by atoms with Crippen molar-refractivity contribution in [1.82, 2.24) is 0 Å². The van der Waals surface area contributed by atoms with Crippen LogP contribution in [0.3, 0.4) is 0 Å². The molecule has 0 radical (unpaired) electrons. The summed E-state index contributed by atoms with van der Waals surface area (Å²) in [5.74, 6) is -2.70. The van der Waals surface area contributed by atoms with Crippen LogP contribution in [0.25, 0.3) is 0 Å². The average molecular weight is 273 g/mol. The van der Waals surface area contributed by atoms with Gasteiger partial charge in [0.25, 0.3) is 5.91 Å². The van der Waals surface area contributed by atoms with E-state index < -0.39 is 23.2 Å². The standard InChI is InChI=1S/C15H15NO4/c16-15(20)11-8-10(12(17)14(19)13(11)18)7-6-9-4-2-1-3-5-9/h1-5,8,17-19H,6-7H2,(H2,16,20). The van der Waals surface area contributed by atoms with E-state index in [1.807, 2.05) is 30.3 Å². The molecule has 2 rings (SSSR count). The smallest absolute Gasteiger partial charge is 0.252 e. The number of phenols is 3. The van der Waals surface area contributed by atoms with Crippen LogP contribution >= 0.6 is 0 Å². The molecule has 2 aromatic rings. The second kappa shape index (κ2) is 5.52. The van der Waals surface area contributed by atoms with Gasteiger partial charge in [0.2, 0.25) is 5.75 Å². The third kappa shape index (κ3) is 2.66. The minimum atomic E-state index is -0.862. The van der Waals surface area contributed by atoms with Gasteiger partial charge in [0.15, 0.2) is 11.5 Å². The second-order valence-electron chi connectivity index (χ2n) is 4.48. The highest BCUT2D eigenvalue weighted by atomic mass is 16.3. The van der Waals surface area contributed by atoms with Crippen LogP contribution in [0.4, 0.5) is 0 Å². The van der Waals surface area contributed by atoms with Crippen molar-refractivity contribution < 1.29 is 20.1 Å². The molecule has 5 nitrogen and oxygen atoms in total. The summed E-state index contributed by atoms with van der Waals surface area (Å²) in [5, 5.41) is 29.0. The van der Waals surface area contributed by atoms with E-state index in [9.17, 15) is 20.1 Å². The van der Waals surface area contributed by atoms with Crippen molar-refractivity contribution >= 4 is 5.91 Å². The summed E-state index contributed by atoms with van der Waals surface area (Å²) in [6, 6.07) is 10.9. The van der Waals surface area contributed by atoms with Gasteiger partial charge in [-0.1, -0.05) is 30.3 Å². The van der Waals surface area contributed by atoms with Crippen LogP contribution in [0.5, 0.6) is 17.2 Å². The van der Waals surface area contributed by atoms with E-state index in [0.717, 1.165) is 5.56 Å². The van der Waals surface area contributed by atoms with E-state index in [-0.39, 0.29) is 5.56 Å². The Morgan fingerprint density at radius 2 is 1.60 bits per heavy atom. The Morgan fingerprint density at radius 3 is 2.20 bits per heavy atom. The minimum absolute atomic E-state index is 0.205. The molecular weight excluding hydrogens is 258 g/mol. The van der Waals surface area contributed by atoms with Gasteiger partial charge >= 0.3 is 0 Å². The molecule has 2 aromatic carbocycles. The molecule has 0 spiro atoms. The van der Waals surface area contributed by atoms with E-state index in [1.54, 1.807) is 0 Å². The number of amides is 1. The predicted molar refractivity (Wildman–Crippen MR) is 73.8 cm³/mol. The lowest BCUT2D eigenvalue weighted by molar-refractivity contribution is 0.0997. The van der Waals surface area contributed by atoms with Crippen molar-refractivity contribution in [3.8, 4) is 17.2 Å². The van der Waals surface area contributed by atoms with Crippen LogP contribution in [0.2, 0.25) is 0 Å². The molecule has 0 saturated carbocycles. The molecule has 0 heterocycles. The van der Waals surface area contributed by atoms with Gasteiger partial charge in [0, 0.05) is 0 Å². The zero-order valence-electron chi connectivity index (χ0n) is 10.7. The topological polar surface area (TPSA) is 104 Å². The molecule has 0 unspecified atom stereocenters. The second-order valence-corrected chi connectivity index (χ2v) is 4.48. The van der Waals surface area contributed by atoms with Gasteiger partial charge in [-0.15, -0.1) is 0 Å². The summed E-state index contributed by atoms with van der Waals surface area (Å²) in [6.45, 7) is 0. The van der Waals surface area contributed by atoms with Crippen LogP contribution in [-0.2, 0) is 12.8 Å². The molecule has 0 aliphatic rings. The van der Waals surface area contributed by atoms with Crippen molar-refractivity contribution in [2.24, 2.45) is 5.73 Å². The Hall–Kier alpha value is -2.69. The minimum Gasteiger partial charge on any atom is -0.504 e. The van der Waals surface area contributed by atoms with Gasteiger partial charge < -0.3 is 21.1 Å². The van der Waals surface area contributed by atoms with Crippen LogP contribution < -0.4 is 5.73 Å². The SMILES string of the molecule is NC(=O)c1cc(CCc2ccccc2)c(O)c(O)c1O. The number of aromatic hydroxyl groups is 3. The monoisotopic (exact) mass is 273 g/mol. The molecule has 0 saturated heterocycles. The zero-order valence-corrected chi connectivity index (χ0v) is 10.7. The van der Waals surface area contributed by atoms with E-state index in [1.165, 1.54) is 6.07 Å². The van der Waals surface area contributed by atoms with E-state index in [4.69, 9.17) is 5.73 Å². The quantitative estimate of drug-likeness (QED) is 0.636. The first kappa shape index (κ1) is 13.7. The van der Waals surface area contributed by atoms with Crippen molar-refractivity contribution in [3.05, 3.63) is 53.1 Å². The number of nitrogens with two attached hydrogens (primary N) is 1. The van der Waals surface area contributed by atoms with Crippen LogP contribution in [-0.4, -0.2) is 21.2 Å². The summed E-state index contributed by atoms with van der Waals surface area (Å²) in [4.78, 5) is 11.2. The largest absolute Gasteiger partial charge is 0.504 e. The first-order valence-corrected chi connectivity index (χ1v) is 6.11. The summed E-state index contributed by atoms with van der Waals surface area (Å²) in [5.41, 5.74) is 6.33. The maximum atomic E-state index is 11.2. The Bertz CT molecular complexity index is 638. The number of benzene rings is 2. The number of hydrogen-bond donors (Lipinski definition) is 4. The maximum absolute atomic E-state index is 11.2. The maximum Gasteiger partial charge on any atom is 0.252 e. The average Bonchev–Trinajstić information content (AvgIpc) is 2.45. The van der Waals surface area contributed by atoms with E-state index in [2.05, 4.69) is 0 Å². The molecule has 104 valence electrons. The first-order valence-electron chi connectivity index (χ1n) is 6.11. The summed E-state index contributed by atoms with van der Waals surface area (Å²) < 4.78 is 0. The first-order chi connectivity index (χ1) is 9.50. The van der Waals surface area contributed by atoms with Crippen LogP contribution in [0.15, 0.2) is 36.4 Å². The van der Waals surface area contributed by atoms with Gasteiger partial charge in [0.1, 0.15) is 0 Å². The fourth-order valence-electron chi connectivity index (χ4n) is 2.00. The van der Waals surface area contributed by atoms with Gasteiger partial charge in [-0.05, 0) is 30.0 Å². The Balaban J connectivity index is 2.30. The fraction of sp³-hybridized carbons (Fsp3) is 0.133. The number of carbonyl (C=O) groups is 1. The van der Waals surface area contributed by atoms with Gasteiger partial charge in [0.05, 0.1) is 5.56 Å². The third-order valence-electron chi connectivity index (χ3n) is 3.12. The van der Waals surface area contributed by atoms with Crippen molar-refractivity contribution in [3.63, 3.8) is 0 Å². The molecular formula is C15H15NO4. The fourth-order valence-corrected chi connectivity index (χ4v) is 2.00. The molecule has 0 aliphatic carbocycles. The summed E-state index contributed by atoms with van der Waals surface area (Å²) >= 11 is 0. The summed E-state index contributed by atoms with van der Waals surface area (Å²) in [7, 11) is 0. The molecule has 5 heteroatoms. The molecule has 5 N–H and O–H groups in total. The molecule has 0 bridgehead atoms. The van der Waals surface area contributed by atoms with Crippen molar-refractivity contribution in [2.45, 2.75) is 12.8 Å². The predicted octanol–water partition coefficient (Wildman–Crippen LogP) is 1.69. The third-order valence-corrected chi connectivity index (χ3v) is 3.12. The van der Waals surface area contributed by atoms with Crippen LogP contribution in [0.1, 0.15) is 21.5 Å². The summed E-state index contributed by atoms with van der Waals surface area (Å²) in [6.07, 6.45) is 1.03. The Morgan fingerprint density at radius 1 is 0.950 bits per heavy atom. The molecule has 0 aliphatic heterocycles. The van der Waals surface area contributed by atoms with Gasteiger partial charge in [-0.3, -0.25) is 4.79 Å². The van der Waals surface area contributed by atoms with Gasteiger partial charge in [-0.25, -0.2) is 0 Å². The number of rotatable bonds is 4. The normalized spacial score (nSPS) is 10.4. The highest BCUT2D eigenvalue weighted by molar-refractivity contribution is 5.97. The van der Waals surface area contributed by atoms with E-state index >= 15 is 0 Å². The number of phenolic OH excluding ortho intramolecular Hbond substituents is 2. The lowest BCUT2D eigenvalue weighted by Gasteiger charge is -2.11. The molecule has 0 atom stereocenters. The van der Waals surface area contributed by atoms with Crippen molar-refractivity contribution in [2.75, 3.05) is 0 Å². The number of primary amides is 1. The zero-order chi connectivity index (χ0) is 14.7. The van der Waals surface area contributed by atoms with Crippen LogP contribution in [0, 0.1) is 0 Å². The number of hydrogen-bond acceptors (Lipinski definition) is 4. The van der Waals surface area contributed by atoms with E-state index in [0.29, 0.717) is 18.4 Å². The lowest BCUT2D eigenvalue weighted by atomic mass is 10.00. The highest BCUT2D eigenvalue weighted by Crippen LogP contribution is 2.40. The molecule has 20 heavy (non-hydrogen) atoms. The number of carbonyl (C=O) groups excluding carboxylic acids is 1. The highest BCUT2D eigenvalue weighted by Gasteiger charge is 2.19. The number of aryl methyl sites for hydroxylation is 2. The van der Waals surface area contributed by atoms with Gasteiger partial charge in [-0.2, -0.15) is 0 Å².